The minimum absolute atomic E-state index is 0.0287. The highest BCUT2D eigenvalue weighted by atomic mass is 16.7. The van der Waals surface area contributed by atoms with Gasteiger partial charge in [-0.15, -0.1) is 0 Å². The van der Waals surface area contributed by atoms with Crippen molar-refractivity contribution in [1.29, 1.82) is 0 Å². The number of nitrogens with one attached hydrogen (secondary N) is 1. The molecule has 1 fully saturated rings. The smallest absolute Gasteiger partial charge is 0.305 e. The molecule has 1 heterocycles. The Morgan fingerprint density at radius 2 is 1.01 bits per heavy atom. The second-order valence-electron chi connectivity index (χ2n) is 19.3. The maximum absolute atomic E-state index is 13.0. The highest BCUT2D eigenvalue weighted by Crippen LogP contribution is 2.23. The molecule has 0 spiro atoms. The average Bonchev–Trinajstić information content (AvgIpc) is 3.33. The molecule has 7 atom stereocenters. The molecule has 0 saturated carbocycles. The summed E-state index contributed by atoms with van der Waals surface area (Å²) in [7, 11) is 0. The Hall–Kier alpha value is -2.38. The molecule has 0 bridgehead atoms. The topological polar surface area (TPSA) is 175 Å². The minimum Gasteiger partial charge on any atom is -0.466 e. The molecule has 1 aliphatic heterocycles. The van der Waals surface area contributed by atoms with E-state index in [1.54, 1.807) is 6.08 Å². The molecule has 68 heavy (non-hydrogen) atoms. The molecule has 0 aromatic rings. The van der Waals surface area contributed by atoms with Crippen molar-refractivity contribution >= 4 is 11.9 Å². The lowest BCUT2D eigenvalue weighted by Crippen LogP contribution is -2.60. The van der Waals surface area contributed by atoms with Crippen LogP contribution in [0.15, 0.2) is 48.6 Å². The van der Waals surface area contributed by atoms with Gasteiger partial charge < -0.3 is 45.1 Å². The maximum atomic E-state index is 13.0. The molecule has 1 aliphatic rings. The third-order valence-corrected chi connectivity index (χ3v) is 13.0. The highest BCUT2D eigenvalue weighted by Gasteiger charge is 2.44. The van der Waals surface area contributed by atoms with Gasteiger partial charge in [0.15, 0.2) is 6.29 Å². The van der Waals surface area contributed by atoms with Gasteiger partial charge in [0.2, 0.25) is 5.91 Å². The van der Waals surface area contributed by atoms with E-state index < -0.39 is 49.5 Å². The van der Waals surface area contributed by atoms with Crippen molar-refractivity contribution in [2.24, 2.45) is 0 Å². The van der Waals surface area contributed by atoms with Crippen LogP contribution in [0.25, 0.3) is 0 Å². The first-order valence-electron chi connectivity index (χ1n) is 27.9. The lowest BCUT2D eigenvalue weighted by atomic mass is 9.99. The molecular formula is C57H103NO10. The van der Waals surface area contributed by atoms with Gasteiger partial charge >= 0.3 is 5.97 Å². The molecular weight excluding hydrogens is 859 g/mol. The number of unbranched alkanes of at least 4 members (excludes halogenated alkanes) is 28. The van der Waals surface area contributed by atoms with Crippen LogP contribution in [0.4, 0.5) is 0 Å². The van der Waals surface area contributed by atoms with Crippen LogP contribution in [0.5, 0.6) is 0 Å². The molecule has 1 amide bonds. The number of carbonyl (C=O) groups excluding carboxylic acids is 2. The summed E-state index contributed by atoms with van der Waals surface area (Å²) in [6.07, 6.45) is 48.0. The van der Waals surface area contributed by atoms with Crippen molar-refractivity contribution in [3.05, 3.63) is 48.6 Å². The van der Waals surface area contributed by atoms with Crippen molar-refractivity contribution < 1.29 is 49.3 Å². The van der Waals surface area contributed by atoms with Gasteiger partial charge in [-0.2, -0.15) is 0 Å². The SMILES string of the molecule is C/C=C/CC/C=C/CC/C=C/C(O)C(COC1OC(CO)C(O)C(O)C1O)NC(=O)CCCCCCCCCCCCCCCCOC(=O)CCCCCCCCC/C=C\CCCCCCCC. The second-order valence-corrected chi connectivity index (χ2v) is 19.3. The molecule has 0 aromatic carbocycles. The number of esters is 1. The summed E-state index contributed by atoms with van der Waals surface area (Å²) in [5.41, 5.74) is 0. The predicted octanol–water partition coefficient (Wildman–Crippen LogP) is 12.1. The number of rotatable bonds is 47. The van der Waals surface area contributed by atoms with Crippen LogP contribution in [0.3, 0.4) is 0 Å². The average molecular weight is 962 g/mol. The van der Waals surface area contributed by atoms with Crippen molar-refractivity contribution in [3.8, 4) is 0 Å². The summed E-state index contributed by atoms with van der Waals surface area (Å²) < 4.78 is 16.6. The third kappa shape index (κ3) is 36.5. The standard InChI is InChI=1S/C57H103NO10/c1-3-5-7-9-11-13-14-15-16-17-18-22-25-29-33-37-41-45-53(62)66-46-42-38-34-30-26-23-20-19-21-24-28-32-36-40-44-52(61)58-49(50(60)43-39-35-31-27-12-10-8-6-4-2)48-67-57-56(65)55(64)54(63)51(47-59)68-57/h4,6,12,15-16,27,39,43,49-51,54-57,59-60,63-65H,3,5,7-11,13-14,17-26,28-38,40-42,44-48H2,1-2H3,(H,58,61)/b6-4+,16-15-,27-12+,43-39+. The van der Waals surface area contributed by atoms with E-state index in [2.05, 4.69) is 42.6 Å². The van der Waals surface area contributed by atoms with Gasteiger partial charge in [0.1, 0.15) is 24.4 Å². The molecule has 7 unspecified atom stereocenters. The summed E-state index contributed by atoms with van der Waals surface area (Å²) in [6, 6.07) is -0.842. The third-order valence-electron chi connectivity index (χ3n) is 13.0. The maximum Gasteiger partial charge on any atom is 0.305 e. The van der Waals surface area contributed by atoms with Crippen LogP contribution in [0.1, 0.15) is 239 Å². The van der Waals surface area contributed by atoms with Gasteiger partial charge in [-0.05, 0) is 77.6 Å². The second kappa shape index (κ2) is 47.0. The zero-order valence-electron chi connectivity index (χ0n) is 43.3. The van der Waals surface area contributed by atoms with Crippen LogP contribution in [-0.2, 0) is 23.8 Å². The molecule has 1 saturated heterocycles. The van der Waals surface area contributed by atoms with E-state index in [0.29, 0.717) is 25.9 Å². The Bertz CT molecular complexity index is 1270. The summed E-state index contributed by atoms with van der Waals surface area (Å²) >= 11 is 0. The fraction of sp³-hybridized carbons (Fsp3) is 0.825. The Balaban J connectivity index is 2.06. The zero-order chi connectivity index (χ0) is 49.6. The number of aliphatic hydroxyl groups is 5. The summed E-state index contributed by atoms with van der Waals surface area (Å²) in [5, 5.41) is 54.1. The summed E-state index contributed by atoms with van der Waals surface area (Å²) in [4.78, 5) is 25.1. The number of amides is 1. The molecule has 6 N–H and O–H groups in total. The number of aliphatic hydroxyl groups excluding tert-OH is 5. The van der Waals surface area contributed by atoms with Gasteiger partial charge in [0.25, 0.3) is 0 Å². The first-order valence-corrected chi connectivity index (χ1v) is 27.9. The lowest BCUT2D eigenvalue weighted by molar-refractivity contribution is -0.302. The summed E-state index contributed by atoms with van der Waals surface area (Å²) in [5.74, 6) is -0.240. The van der Waals surface area contributed by atoms with E-state index in [4.69, 9.17) is 14.2 Å². The number of carbonyl (C=O) groups is 2. The predicted molar refractivity (Wildman–Crippen MR) is 278 cm³/mol. The highest BCUT2D eigenvalue weighted by molar-refractivity contribution is 5.76. The van der Waals surface area contributed by atoms with Gasteiger partial charge in [-0.25, -0.2) is 0 Å². The Labute approximate surface area is 415 Å². The fourth-order valence-electron chi connectivity index (χ4n) is 8.53. The van der Waals surface area contributed by atoms with Gasteiger partial charge in [-0.1, -0.05) is 197 Å². The largest absolute Gasteiger partial charge is 0.466 e. The van der Waals surface area contributed by atoms with Crippen LogP contribution >= 0.6 is 0 Å². The number of hydrogen-bond acceptors (Lipinski definition) is 10. The van der Waals surface area contributed by atoms with Crippen molar-refractivity contribution in [2.45, 2.75) is 281 Å². The molecule has 1 rings (SSSR count). The van der Waals surface area contributed by atoms with E-state index in [-0.39, 0.29) is 18.5 Å². The number of hydrogen-bond donors (Lipinski definition) is 6. The van der Waals surface area contributed by atoms with Crippen molar-refractivity contribution in [3.63, 3.8) is 0 Å². The Morgan fingerprint density at radius 3 is 1.54 bits per heavy atom. The Morgan fingerprint density at radius 1 is 0.559 bits per heavy atom. The van der Waals surface area contributed by atoms with E-state index in [9.17, 15) is 35.1 Å². The normalized spacial score (nSPS) is 19.8. The lowest BCUT2D eigenvalue weighted by Gasteiger charge is -2.40. The van der Waals surface area contributed by atoms with Crippen molar-refractivity contribution in [1.82, 2.24) is 5.32 Å². The number of allylic oxidation sites excluding steroid dienone is 7. The first kappa shape index (κ1) is 63.6. The molecule has 11 nitrogen and oxygen atoms in total. The van der Waals surface area contributed by atoms with E-state index in [1.807, 2.05) is 19.1 Å². The van der Waals surface area contributed by atoms with E-state index >= 15 is 0 Å². The Kier molecular flexibility index (Phi) is 44.0. The summed E-state index contributed by atoms with van der Waals surface area (Å²) in [6.45, 7) is 4.04. The molecule has 0 aliphatic carbocycles. The first-order chi connectivity index (χ1) is 33.2. The van der Waals surface area contributed by atoms with E-state index in [1.165, 1.54) is 135 Å². The molecule has 11 heteroatoms. The molecule has 396 valence electrons. The van der Waals surface area contributed by atoms with Gasteiger partial charge in [-0.3, -0.25) is 9.59 Å². The number of ether oxygens (including phenoxy) is 3. The molecule has 0 radical (unpaired) electrons. The van der Waals surface area contributed by atoms with E-state index in [0.717, 1.165) is 70.6 Å². The van der Waals surface area contributed by atoms with Gasteiger partial charge in [0, 0.05) is 12.8 Å². The quantitative estimate of drug-likeness (QED) is 0.0196. The van der Waals surface area contributed by atoms with Crippen molar-refractivity contribution in [2.75, 3.05) is 19.8 Å². The van der Waals surface area contributed by atoms with Crippen LogP contribution in [-0.4, -0.2) is 100 Å². The minimum atomic E-state index is -1.58. The van der Waals surface area contributed by atoms with Crippen LogP contribution in [0.2, 0.25) is 0 Å². The van der Waals surface area contributed by atoms with Gasteiger partial charge in [0.05, 0.1) is 32.0 Å². The van der Waals surface area contributed by atoms with Crippen LogP contribution in [0, 0.1) is 0 Å². The zero-order valence-corrected chi connectivity index (χ0v) is 43.3. The van der Waals surface area contributed by atoms with Crippen LogP contribution < -0.4 is 5.32 Å². The fourth-order valence-corrected chi connectivity index (χ4v) is 8.53. The monoisotopic (exact) mass is 962 g/mol. The molecule has 0 aromatic heterocycles.